The number of nitrogens with zero attached hydrogens (tertiary/aromatic N) is 1. The van der Waals surface area contributed by atoms with E-state index in [0.717, 1.165) is 5.56 Å². The molecule has 2 aliphatic rings. The van der Waals surface area contributed by atoms with Gasteiger partial charge in [-0.1, -0.05) is 30.3 Å². The van der Waals surface area contributed by atoms with Gasteiger partial charge in [-0.2, -0.15) is 0 Å². The maximum Gasteiger partial charge on any atom is 0.410 e. The lowest BCUT2D eigenvalue weighted by atomic mass is 9.83. The molecule has 2 N–H and O–H groups in total. The summed E-state index contributed by atoms with van der Waals surface area (Å²) in [7, 11) is 0. The van der Waals surface area contributed by atoms with Crippen molar-refractivity contribution >= 4 is 18.1 Å². The Morgan fingerprint density at radius 2 is 2.17 bits per heavy atom. The Balaban J connectivity index is 1.53. The molecule has 0 spiro atoms. The number of hydrogen-bond donors (Lipinski definition) is 2. The second-order valence-corrected chi connectivity index (χ2v) is 6.08. The molecule has 0 aromatic heterocycles. The molecular formula is C16H19N3O5. The summed E-state index contributed by atoms with van der Waals surface area (Å²) in [4.78, 5) is 36.8. The second-order valence-electron chi connectivity index (χ2n) is 6.08. The minimum Gasteiger partial charge on any atom is -0.448 e. The number of β-lactam (4-membered cyclic amide) rings is 1. The molecular weight excluding hydrogens is 314 g/mol. The van der Waals surface area contributed by atoms with Gasteiger partial charge in [0.2, 0.25) is 5.91 Å². The van der Waals surface area contributed by atoms with Gasteiger partial charge >= 0.3 is 12.2 Å². The van der Waals surface area contributed by atoms with E-state index in [0.29, 0.717) is 13.2 Å². The van der Waals surface area contributed by atoms with Crippen molar-refractivity contribution in [3.05, 3.63) is 35.9 Å². The molecule has 2 aliphatic heterocycles. The topological polar surface area (TPSA) is 97.0 Å². The summed E-state index contributed by atoms with van der Waals surface area (Å²) in [6, 6.07) is 8.49. The van der Waals surface area contributed by atoms with Crippen LogP contribution in [-0.2, 0) is 20.9 Å². The van der Waals surface area contributed by atoms with Gasteiger partial charge in [0.15, 0.2) is 0 Å². The van der Waals surface area contributed by atoms with Crippen molar-refractivity contribution in [3.8, 4) is 0 Å². The zero-order valence-corrected chi connectivity index (χ0v) is 13.3. The third kappa shape index (κ3) is 3.27. The Labute approximate surface area is 139 Å². The lowest BCUT2D eigenvalue weighted by Gasteiger charge is -2.47. The molecule has 2 saturated heterocycles. The molecule has 2 atom stereocenters. The predicted octanol–water partition coefficient (Wildman–Crippen LogP) is 0.622. The minimum absolute atomic E-state index is 0.121. The lowest BCUT2D eigenvalue weighted by Crippen LogP contribution is -2.79. The Morgan fingerprint density at radius 1 is 1.42 bits per heavy atom. The Hall–Kier alpha value is -2.77. The molecule has 0 saturated carbocycles. The van der Waals surface area contributed by atoms with Crippen LogP contribution in [0.4, 0.5) is 9.59 Å². The van der Waals surface area contributed by atoms with Crippen LogP contribution in [0.25, 0.3) is 0 Å². The quantitative estimate of drug-likeness (QED) is 0.770. The van der Waals surface area contributed by atoms with Crippen LogP contribution in [0.2, 0.25) is 0 Å². The van der Waals surface area contributed by atoms with Gasteiger partial charge in [-0.05, 0) is 12.5 Å². The van der Waals surface area contributed by atoms with E-state index in [-0.39, 0.29) is 19.1 Å². The van der Waals surface area contributed by atoms with E-state index in [9.17, 15) is 14.4 Å². The maximum absolute atomic E-state index is 11.9. The summed E-state index contributed by atoms with van der Waals surface area (Å²) in [6.07, 6.45) is -1.09. The molecule has 3 amide bonds. The highest BCUT2D eigenvalue weighted by atomic mass is 16.6. The van der Waals surface area contributed by atoms with E-state index < -0.39 is 23.8 Å². The van der Waals surface area contributed by atoms with Crippen LogP contribution in [0.1, 0.15) is 12.5 Å². The van der Waals surface area contributed by atoms with Crippen molar-refractivity contribution in [2.24, 2.45) is 0 Å². The molecule has 2 heterocycles. The Morgan fingerprint density at radius 3 is 2.79 bits per heavy atom. The summed E-state index contributed by atoms with van der Waals surface area (Å²) >= 11 is 0. The normalized spacial score (nSPS) is 25.5. The third-order valence-electron chi connectivity index (χ3n) is 4.15. The standard InChI is InChI=1S/C16H19N3O5/c1-16(10-19-7-8-23-15(19)22)12(13(20)18-16)17-14(21)24-9-11-5-3-2-4-6-11/h2-6,12H,7-10H2,1H3,(H,17,21)(H,18,20)/t12?,16-/m1/s1. The highest BCUT2D eigenvalue weighted by Crippen LogP contribution is 2.23. The number of ether oxygens (including phenoxy) is 2. The second kappa shape index (κ2) is 6.38. The summed E-state index contributed by atoms with van der Waals surface area (Å²) in [6.45, 7) is 2.95. The number of cyclic esters (lactones) is 1. The average Bonchev–Trinajstić information content (AvgIpc) is 2.96. The van der Waals surface area contributed by atoms with Gasteiger partial charge in [0.25, 0.3) is 0 Å². The molecule has 2 fully saturated rings. The molecule has 1 aromatic rings. The minimum atomic E-state index is -0.755. The fraction of sp³-hybridized carbons (Fsp3) is 0.438. The van der Waals surface area contributed by atoms with Crippen molar-refractivity contribution in [2.45, 2.75) is 25.1 Å². The molecule has 3 rings (SSSR count). The highest BCUT2D eigenvalue weighted by molar-refractivity contribution is 5.94. The Kier molecular flexibility index (Phi) is 4.28. The fourth-order valence-corrected chi connectivity index (χ4v) is 2.84. The SMILES string of the molecule is C[C@]1(CN2CCOC2=O)NC(=O)C1NC(=O)OCc1ccccc1. The van der Waals surface area contributed by atoms with E-state index in [4.69, 9.17) is 9.47 Å². The van der Waals surface area contributed by atoms with Crippen LogP contribution >= 0.6 is 0 Å². The van der Waals surface area contributed by atoms with Crippen molar-refractivity contribution in [1.29, 1.82) is 0 Å². The average molecular weight is 333 g/mol. The van der Waals surface area contributed by atoms with Crippen LogP contribution in [0.3, 0.4) is 0 Å². The first kappa shape index (κ1) is 16.1. The monoisotopic (exact) mass is 333 g/mol. The van der Waals surface area contributed by atoms with E-state index in [1.807, 2.05) is 30.3 Å². The van der Waals surface area contributed by atoms with Crippen molar-refractivity contribution in [3.63, 3.8) is 0 Å². The molecule has 0 radical (unpaired) electrons. The number of alkyl carbamates (subject to hydrolysis) is 1. The maximum atomic E-state index is 11.9. The van der Waals surface area contributed by atoms with E-state index in [1.54, 1.807) is 6.92 Å². The predicted molar refractivity (Wildman–Crippen MR) is 83.0 cm³/mol. The van der Waals surface area contributed by atoms with Gasteiger partial charge in [-0.15, -0.1) is 0 Å². The van der Waals surface area contributed by atoms with E-state index in [2.05, 4.69) is 10.6 Å². The lowest BCUT2D eigenvalue weighted by molar-refractivity contribution is -0.136. The molecule has 128 valence electrons. The van der Waals surface area contributed by atoms with Crippen LogP contribution in [-0.4, -0.2) is 54.3 Å². The van der Waals surface area contributed by atoms with Crippen LogP contribution in [0, 0.1) is 0 Å². The van der Waals surface area contributed by atoms with Crippen LogP contribution in [0.5, 0.6) is 0 Å². The van der Waals surface area contributed by atoms with Gasteiger partial charge < -0.3 is 25.0 Å². The number of hydrogen-bond acceptors (Lipinski definition) is 5. The number of amides is 3. The number of carbonyl (C=O) groups is 3. The molecule has 8 nitrogen and oxygen atoms in total. The first-order valence-electron chi connectivity index (χ1n) is 7.69. The van der Waals surface area contributed by atoms with Gasteiger partial charge in [0, 0.05) is 6.54 Å². The zero-order chi connectivity index (χ0) is 17.2. The first-order chi connectivity index (χ1) is 11.5. The molecule has 0 bridgehead atoms. The van der Waals surface area contributed by atoms with Crippen molar-refractivity contribution in [2.75, 3.05) is 19.7 Å². The summed E-state index contributed by atoms with van der Waals surface area (Å²) < 4.78 is 10.0. The number of benzene rings is 1. The first-order valence-corrected chi connectivity index (χ1v) is 7.69. The van der Waals surface area contributed by atoms with E-state index in [1.165, 1.54) is 4.90 Å². The molecule has 1 unspecified atom stereocenters. The largest absolute Gasteiger partial charge is 0.448 e. The van der Waals surface area contributed by atoms with Crippen LogP contribution < -0.4 is 10.6 Å². The highest BCUT2D eigenvalue weighted by Gasteiger charge is 2.52. The van der Waals surface area contributed by atoms with Gasteiger partial charge in [0.05, 0.1) is 12.1 Å². The number of nitrogens with one attached hydrogen (secondary N) is 2. The summed E-state index contributed by atoms with van der Waals surface area (Å²) in [5.41, 5.74) is 0.111. The number of rotatable bonds is 5. The number of carbonyl (C=O) groups excluding carboxylic acids is 3. The van der Waals surface area contributed by atoms with Gasteiger partial charge in [0.1, 0.15) is 19.3 Å². The summed E-state index contributed by atoms with van der Waals surface area (Å²) in [5, 5.41) is 5.30. The van der Waals surface area contributed by atoms with Gasteiger partial charge in [-0.25, -0.2) is 9.59 Å². The van der Waals surface area contributed by atoms with Crippen molar-refractivity contribution in [1.82, 2.24) is 15.5 Å². The van der Waals surface area contributed by atoms with Gasteiger partial charge in [-0.3, -0.25) is 4.79 Å². The fourth-order valence-electron chi connectivity index (χ4n) is 2.84. The van der Waals surface area contributed by atoms with E-state index >= 15 is 0 Å². The smallest absolute Gasteiger partial charge is 0.410 e. The summed E-state index contributed by atoms with van der Waals surface area (Å²) in [5.74, 6) is -0.304. The third-order valence-corrected chi connectivity index (χ3v) is 4.15. The van der Waals surface area contributed by atoms with Crippen molar-refractivity contribution < 1.29 is 23.9 Å². The zero-order valence-electron chi connectivity index (χ0n) is 13.3. The van der Waals surface area contributed by atoms with Crippen LogP contribution in [0.15, 0.2) is 30.3 Å². The molecule has 24 heavy (non-hydrogen) atoms. The molecule has 1 aromatic carbocycles. The molecule has 0 aliphatic carbocycles. The Bertz CT molecular complexity index is 650. The molecule has 8 heteroatoms.